The van der Waals surface area contributed by atoms with E-state index in [9.17, 15) is 5.11 Å². The Bertz CT molecular complexity index is 211. The molecule has 2 nitrogen and oxygen atoms in total. The van der Waals surface area contributed by atoms with Crippen LogP contribution in [0.25, 0.3) is 0 Å². The average molecular weight is 269 g/mol. The van der Waals surface area contributed by atoms with Gasteiger partial charge in [-0.05, 0) is 26.2 Å². The molecule has 0 radical (unpaired) electrons. The van der Waals surface area contributed by atoms with Crippen LogP contribution in [0.4, 0.5) is 0 Å². The summed E-state index contributed by atoms with van der Waals surface area (Å²) in [6.07, 6.45) is 14.5. The van der Waals surface area contributed by atoms with Crippen molar-refractivity contribution in [2.45, 2.75) is 90.5 Å². The molecule has 1 saturated carbocycles. The summed E-state index contributed by atoms with van der Waals surface area (Å²) in [5.74, 6) is 0. The molecule has 114 valence electrons. The third-order valence-corrected chi connectivity index (χ3v) is 4.82. The van der Waals surface area contributed by atoms with E-state index in [0.29, 0.717) is 12.6 Å². The van der Waals surface area contributed by atoms with Gasteiger partial charge in [0.05, 0.1) is 0 Å². The zero-order chi connectivity index (χ0) is 14.0. The normalized spacial score (nSPS) is 20.4. The zero-order valence-corrected chi connectivity index (χ0v) is 13.2. The second-order valence-electron chi connectivity index (χ2n) is 6.70. The van der Waals surface area contributed by atoms with E-state index in [1.807, 2.05) is 0 Å². The number of hydrogen-bond acceptors (Lipinski definition) is 2. The van der Waals surface area contributed by atoms with Crippen LogP contribution in [-0.2, 0) is 0 Å². The smallest absolute Gasteiger partial charge is 0.0499 e. The average Bonchev–Trinajstić information content (AvgIpc) is 2.46. The second kappa shape index (κ2) is 9.77. The lowest BCUT2D eigenvalue weighted by atomic mass is 9.74. The molecule has 1 unspecified atom stereocenters. The van der Waals surface area contributed by atoms with Crippen LogP contribution in [0.5, 0.6) is 0 Å². The Morgan fingerprint density at radius 3 is 2.37 bits per heavy atom. The van der Waals surface area contributed by atoms with Crippen LogP contribution in [0, 0.1) is 5.41 Å². The molecule has 0 aromatic carbocycles. The summed E-state index contributed by atoms with van der Waals surface area (Å²) in [7, 11) is 0. The number of aliphatic hydroxyl groups is 1. The van der Waals surface area contributed by atoms with Gasteiger partial charge >= 0.3 is 0 Å². The SMILES string of the molecule is CCCCCCCC(C)NCC1(CO)CCCCC1. The van der Waals surface area contributed by atoms with E-state index < -0.39 is 0 Å². The first-order valence-electron chi connectivity index (χ1n) is 8.57. The Morgan fingerprint density at radius 2 is 1.74 bits per heavy atom. The molecule has 1 fully saturated rings. The van der Waals surface area contributed by atoms with E-state index in [0.717, 1.165) is 6.54 Å². The first kappa shape index (κ1) is 17.0. The molecule has 1 atom stereocenters. The molecule has 0 amide bonds. The lowest BCUT2D eigenvalue weighted by Crippen LogP contribution is -2.42. The lowest BCUT2D eigenvalue weighted by molar-refractivity contribution is 0.0785. The molecule has 0 aromatic rings. The van der Waals surface area contributed by atoms with Crippen LogP contribution in [0.15, 0.2) is 0 Å². The first-order chi connectivity index (χ1) is 9.22. The van der Waals surface area contributed by atoms with Gasteiger partial charge in [0.1, 0.15) is 0 Å². The molecular weight excluding hydrogens is 234 g/mol. The highest BCUT2D eigenvalue weighted by Crippen LogP contribution is 2.35. The van der Waals surface area contributed by atoms with Crippen LogP contribution in [0.3, 0.4) is 0 Å². The molecule has 1 rings (SSSR count). The minimum atomic E-state index is 0.189. The Kier molecular flexibility index (Phi) is 8.72. The van der Waals surface area contributed by atoms with Gasteiger partial charge in [0, 0.05) is 24.6 Å². The van der Waals surface area contributed by atoms with Crippen molar-refractivity contribution in [1.82, 2.24) is 5.32 Å². The Morgan fingerprint density at radius 1 is 1.05 bits per heavy atom. The third kappa shape index (κ3) is 6.76. The van der Waals surface area contributed by atoms with Crippen LogP contribution in [0.2, 0.25) is 0 Å². The van der Waals surface area contributed by atoms with Crippen LogP contribution in [-0.4, -0.2) is 24.3 Å². The molecule has 1 aliphatic carbocycles. The monoisotopic (exact) mass is 269 g/mol. The summed E-state index contributed by atoms with van der Waals surface area (Å²) in [6, 6.07) is 0.604. The summed E-state index contributed by atoms with van der Waals surface area (Å²) < 4.78 is 0. The maximum atomic E-state index is 9.69. The maximum Gasteiger partial charge on any atom is 0.0499 e. The lowest BCUT2D eigenvalue weighted by Gasteiger charge is -2.36. The summed E-state index contributed by atoms with van der Waals surface area (Å²) in [6.45, 7) is 5.94. The topological polar surface area (TPSA) is 32.3 Å². The highest BCUT2D eigenvalue weighted by molar-refractivity contribution is 4.85. The van der Waals surface area contributed by atoms with E-state index in [1.54, 1.807) is 0 Å². The quantitative estimate of drug-likeness (QED) is 0.581. The van der Waals surface area contributed by atoms with Crippen molar-refractivity contribution in [1.29, 1.82) is 0 Å². The molecule has 0 bridgehead atoms. The summed E-state index contributed by atoms with van der Waals surface area (Å²) in [5, 5.41) is 13.4. The minimum absolute atomic E-state index is 0.189. The van der Waals surface area contributed by atoms with Crippen LogP contribution < -0.4 is 5.32 Å². The molecule has 0 heterocycles. The zero-order valence-electron chi connectivity index (χ0n) is 13.2. The van der Waals surface area contributed by atoms with Gasteiger partial charge in [-0.2, -0.15) is 0 Å². The van der Waals surface area contributed by atoms with Gasteiger partial charge < -0.3 is 10.4 Å². The highest BCUT2D eigenvalue weighted by Gasteiger charge is 2.31. The number of hydrogen-bond donors (Lipinski definition) is 2. The molecule has 0 saturated heterocycles. The Labute approximate surface area is 120 Å². The Hall–Kier alpha value is -0.0800. The second-order valence-corrected chi connectivity index (χ2v) is 6.70. The van der Waals surface area contributed by atoms with E-state index >= 15 is 0 Å². The Balaban J connectivity index is 2.12. The molecule has 0 aromatic heterocycles. The van der Waals surface area contributed by atoms with Crippen molar-refractivity contribution in [2.75, 3.05) is 13.2 Å². The van der Waals surface area contributed by atoms with E-state index in [2.05, 4.69) is 19.2 Å². The first-order valence-corrected chi connectivity index (χ1v) is 8.57. The minimum Gasteiger partial charge on any atom is -0.396 e. The van der Waals surface area contributed by atoms with Crippen molar-refractivity contribution in [3.8, 4) is 0 Å². The molecule has 2 N–H and O–H groups in total. The van der Waals surface area contributed by atoms with Gasteiger partial charge in [0.2, 0.25) is 0 Å². The molecule has 19 heavy (non-hydrogen) atoms. The summed E-state index contributed by atoms with van der Waals surface area (Å²) >= 11 is 0. The van der Waals surface area contributed by atoms with Crippen LogP contribution >= 0.6 is 0 Å². The number of rotatable bonds is 10. The van der Waals surface area contributed by atoms with Gasteiger partial charge in [-0.15, -0.1) is 0 Å². The number of unbranched alkanes of at least 4 members (excludes halogenated alkanes) is 4. The van der Waals surface area contributed by atoms with E-state index in [4.69, 9.17) is 0 Å². The summed E-state index contributed by atoms with van der Waals surface area (Å²) in [4.78, 5) is 0. The van der Waals surface area contributed by atoms with Crippen LogP contribution in [0.1, 0.15) is 84.5 Å². The van der Waals surface area contributed by atoms with Gasteiger partial charge in [-0.25, -0.2) is 0 Å². The number of nitrogens with one attached hydrogen (secondary N) is 1. The van der Waals surface area contributed by atoms with Crippen molar-refractivity contribution in [3.63, 3.8) is 0 Å². The predicted octanol–water partition coefficient (Wildman–Crippen LogP) is 4.27. The van der Waals surface area contributed by atoms with Gasteiger partial charge in [-0.1, -0.05) is 58.3 Å². The fourth-order valence-corrected chi connectivity index (χ4v) is 3.24. The standard InChI is InChI=1S/C17H35NO/c1-3-4-5-6-8-11-16(2)18-14-17(15-19)12-9-7-10-13-17/h16,18-19H,3-15H2,1-2H3. The fourth-order valence-electron chi connectivity index (χ4n) is 3.24. The van der Waals surface area contributed by atoms with Gasteiger partial charge in [0.15, 0.2) is 0 Å². The molecule has 2 heteroatoms. The molecule has 0 aliphatic heterocycles. The van der Waals surface area contributed by atoms with E-state index in [1.165, 1.54) is 70.6 Å². The third-order valence-electron chi connectivity index (χ3n) is 4.82. The number of aliphatic hydroxyl groups excluding tert-OH is 1. The van der Waals surface area contributed by atoms with Gasteiger partial charge in [-0.3, -0.25) is 0 Å². The van der Waals surface area contributed by atoms with Gasteiger partial charge in [0.25, 0.3) is 0 Å². The fraction of sp³-hybridized carbons (Fsp3) is 1.00. The van der Waals surface area contributed by atoms with Crippen molar-refractivity contribution in [2.24, 2.45) is 5.41 Å². The highest BCUT2D eigenvalue weighted by atomic mass is 16.3. The van der Waals surface area contributed by atoms with Crippen molar-refractivity contribution in [3.05, 3.63) is 0 Å². The van der Waals surface area contributed by atoms with Crippen molar-refractivity contribution < 1.29 is 5.11 Å². The largest absolute Gasteiger partial charge is 0.396 e. The van der Waals surface area contributed by atoms with Crippen molar-refractivity contribution >= 4 is 0 Å². The molecular formula is C17H35NO. The maximum absolute atomic E-state index is 9.69. The predicted molar refractivity (Wildman–Crippen MR) is 83.4 cm³/mol. The molecule has 0 spiro atoms. The summed E-state index contributed by atoms with van der Waals surface area (Å²) in [5.41, 5.74) is 0.189. The molecule has 1 aliphatic rings. The van der Waals surface area contributed by atoms with E-state index in [-0.39, 0.29) is 5.41 Å².